The minimum Gasteiger partial charge on any atom is -0.491 e. The van der Waals surface area contributed by atoms with Crippen LogP contribution in [0.3, 0.4) is 0 Å². The summed E-state index contributed by atoms with van der Waals surface area (Å²) in [5, 5.41) is 2.46. The zero-order valence-corrected chi connectivity index (χ0v) is 25.9. The summed E-state index contributed by atoms with van der Waals surface area (Å²) in [4.78, 5) is 16.8. The molecule has 3 aromatic carbocycles. The second kappa shape index (κ2) is 12.7. The lowest BCUT2D eigenvalue weighted by molar-refractivity contribution is -0.136. The van der Waals surface area contributed by atoms with E-state index < -0.39 is 8.32 Å². The second-order valence-corrected chi connectivity index (χ2v) is 16.6. The average molecular weight is 572 g/mol. The van der Waals surface area contributed by atoms with Crippen molar-refractivity contribution in [2.24, 2.45) is 0 Å². The predicted molar refractivity (Wildman–Crippen MR) is 171 cm³/mol. The van der Waals surface area contributed by atoms with Crippen molar-refractivity contribution in [3.63, 3.8) is 0 Å². The van der Waals surface area contributed by atoms with Crippen molar-refractivity contribution in [3.8, 4) is 5.75 Å². The molecule has 1 amide bonds. The molecule has 0 spiro atoms. The summed E-state index contributed by atoms with van der Waals surface area (Å²) in [6.07, 6.45) is 4.84. The van der Waals surface area contributed by atoms with Gasteiger partial charge in [-0.3, -0.25) is 4.79 Å². The van der Waals surface area contributed by atoms with Crippen LogP contribution >= 0.6 is 0 Å². The van der Waals surface area contributed by atoms with Gasteiger partial charge in [-0.2, -0.15) is 0 Å². The maximum absolute atomic E-state index is 12.4. The van der Waals surface area contributed by atoms with Crippen LogP contribution in [0.5, 0.6) is 5.75 Å². The van der Waals surface area contributed by atoms with Gasteiger partial charge in [0, 0.05) is 38.2 Å². The van der Waals surface area contributed by atoms with Crippen molar-refractivity contribution >= 4 is 36.0 Å². The first-order chi connectivity index (χ1) is 19.8. The monoisotopic (exact) mass is 571 g/mol. The molecule has 2 aliphatic rings. The van der Waals surface area contributed by atoms with E-state index in [1.165, 1.54) is 10.4 Å². The van der Waals surface area contributed by atoms with Crippen LogP contribution in [0.15, 0.2) is 78.9 Å². The van der Waals surface area contributed by atoms with E-state index in [9.17, 15) is 4.79 Å². The number of benzene rings is 3. The Bertz CT molecular complexity index is 1250. The Balaban J connectivity index is 1.21. The Hall–Kier alpha value is -3.29. The van der Waals surface area contributed by atoms with Crippen LogP contribution in [0, 0.1) is 0 Å². The number of anilines is 2. The maximum atomic E-state index is 12.4. The number of hydrogen-bond donors (Lipinski definition) is 1. The SMILES string of the molecule is CC(C)(C)[Si](OCCOc1ccc(N2CCC(N3CCCCC3=O)CC2)c(N)c1)(c1ccccc1)c1ccccc1. The average Bonchev–Trinajstić information content (AvgIpc) is 2.98. The number of nitrogens with two attached hydrogens (primary N) is 1. The fraction of sp³-hybridized carbons (Fsp3) is 0.441. The first kappa shape index (κ1) is 29.2. The van der Waals surface area contributed by atoms with E-state index in [0.717, 1.165) is 62.4 Å². The highest BCUT2D eigenvalue weighted by molar-refractivity contribution is 6.99. The topological polar surface area (TPSA) is 68.0 Å². The molecule has 218 valence electrons. The molecule has 0 radical (unpaired) electrons. The zero-order chi connectivity index (χ0) is 28.9. The molecule has 0 aromatic heterocycles. The maximum Gasteiger partial charge on any atom is 0.261 e. The summed E-state index contributed by atoms with van der Waals surface area (Å²) in [7, 11) is -2.59. The van der Waals surface area contributed by atoms with Gasteiger partial charge in [-0.25, -0.2) is 0 Å². The number of likely N-dealkylation sites (tertiary alicyclic amines) is 1. The lowest BCUT2D eigenvalue weighted by Gasteiger charge is -2.43. The molecule has 0 saturated carbocycles. The molecule has 0 aliphatic carbocycles. The summed E-state index contributed by atoms with van der Waals surface area (Å²) < 4.78 is 13.1. The van der Waals surface area contributed by atoms with Crippen LogP contribution < -0.4 is 25.7 Å². The van der Waals surface area contributed by atoms with Gasteiger partial charge in [-0.1, -0.05) is 81.4 Å². The number of carbonyl (C=O) groups is 1. The van der Waals surface area contributed by atoms with Crippen LogP contribution in [0.25, 0.3) is 0 Å². The van der Waals surface area contributed by atoms with Gasteiger partial charge in [0.05, 0.1) is 18.0 Å². The molecule has 2 saturated heterocycles. The minimum absolute atomic E-state index is 0.0729. The predicted octanol–water partition coefficient (Wildman–Crippen LogP) is 5.21. The number of ether oxygens (including phenoxy) is 1. The molecular weight excluding hydrogens is 526 g/mol. The van der Waals surface area contributed by atoms with E-state index in [2.05, 4.69) is 97.3 Å². The van der Waals surface area contributed by atoms with Crippen LogP contribution in [0.1, 0.15) is 52.9 Å². The molecule has 41 heavy (non-hydrogen) atoms. The fourth-order valence-electron chi connectivity index (χ4n) is 6.66. The normalized spacial score (nSPS) is 17.1. The van der Waals surface area contributed by atoms with E-state index in [1.54, 1.807) is 0 Å². The molecule has 6 nitrogen and oxygen atoms in total. The number of nitrogen functional groups attached to an aromatic ring is 1. The largest absolute Gasteiger partial charge is 0.491 e. The third kappa shape index (κ3) is 6.31. The number of piperidine rings is 2. The molecule has 0 bridgehead atoms. The van der Waals surface area contributed by atoms with Gasteiger partial charge < -0.3 is 24.7 Å². The number of carbonyl (C=O) groups excluding carboxylic acids is 1. The quantitative estimate of drug-likeness (QED) is 0.217. The molecule has 0 atom stereocenters. The molecule has 7 heteroatoms. The summed E-state index contributed by atoms with van der Waals surface area (Å²) in [5.41, 5.74) is 8.29. The Labute approximate surface area is 246 Å². The van der Waals surface area contributed by atoms with Crippen molar-refractivity contribution in [1.29, 1.82) is 0 Å². The van der Waals surface area contributed by atoms with Gasteiger partial charge in [0.15, 0.2) is 0 Å². The highest BCUT2D eigenvalue weighted by Crippen LogP contribution is 2.37. The van der Waals surface area contributed by atoms with Gasteiger partial charge >= 0.3 is 0 Å². The number of hydrogen-bond acceptors (Lipinski definition) is 5. The number of nitrogens with zero attached hydrogens (tertiary/aromatic N) is 2. The van der Waals surface area contributed by atoms with Gasteiger partial charge in [-0.15, -0.1) is 0 Å². The van der Waals surface area contributed by atoms with Crippen molar-refractivity contribution < 1.29 is 14.0 Å². The van der Waals surface area contributed by atoms with Gasteiger partial charge in [0.1, 0.15) is 12.4 Å². The second-order valence-electron chi connectivity index (χ2n) is 12.3. The standard InChI is InChI=1S/C34H45N3O3Si/c1-34(2,3)41(29-12-6-4-7-13-29,30-14-8-5-9-15-30)40-25-24-39-28-17-18-32(31(35)26-28)36-22-19-27(20-23-36)37-21-11-10-16-33(37)38/h4-9,12-15,17-18,26-27H,10-11,16,19-25,35H2,1-3H3. The molecule has 2 aliphatic heterocycles. The van der Waals surface area contributed by atoms with Crippen molar-refractivity contribution in [2.75, 3.05) is 43.5 Å². The van der Waals surface area contributed by atoms with E-state index in [-0.39, 0.29) is 5.04 Å². The van der Waals surface area contributed by atoms with E-state index >= 15 is 0 Å². The Morgan fingerprint density at radius 2 is 1.49 bits per heavy atom. The molecule has 5 rings (SSSR count). The summed E-state index contributed by atoms with van der Waals surface area (Å²) in [6.45, 7) is 10.5. The molecule has 2 heterocycles. The van der Waals surface area contributed by atoms with Crippen LogP contribution in [-0.2, 0) is 9.22 Å². The third-order valence-electron chi connectivity index (χ3n) is 8.69. The molecule has 0 unspecified atom stereocenters. The van der Waals surface area contributed by atoms with Crippen molar-refractivity contribution in [1.82, 2.24) is 4.90 Å². The molecule has 2 fully saturated rings. The Kier molecular flexibility index (Phi) is 9.05. The summed E-state index contributed by atoms with van der Waals surface area (Å²) in [5.74, 6) is 1.08. The van der Waals surface area contributed by atoms with Crippen LogP contribution in [0.4, 0.5) is 11.4 Å². The number of amides is 1. The van der Waals surface area contributed by atoms with E-state index in [1.807, 2.05) is 12.1 Å². The van der Waals surface area contributed by atoms with Gasteiger partial charge in [-0.05, 0) is 53.2 Å². The van der Waals surface area contributed by atoms with Gasteiger partial charge in [0.2, 0.25) is 5.91 Å². The molecule has 3 aromatic rings. The van der Waals surface area contributed by atoms with E-state index in [0.29, 0.717) is 31.6 Å². The summed E-state index contributed by atoms with van der Waals surface area (Å²) in [6, 6.07) is 27.7. The van der Waals surface area contributed by atoms with Crippen molar-refractivity contribution in [3.05, 3.63) is 78.9 Å². The minimum atomic E-state index is -2.59. The molecular formula is C34H45N3O3Si. The fourth-order valence-corrected chi connectivity index (χ4v) is 11.2. The summed E-state index contributed by atoms with van der Waals surface area (Å²) >= 11 is 0. The van der Waals surface area contributed by atoms with Gasteiger partial charge in [0.25, 0.3) is 8.32 Å². The number of rotatable bonds is 9. The highest BCUT2D eigenvalue weighted by atomic mass is 28.4. The Morgan fingerprint density at radius 1 is 0.854 bits per heavy atom. The third-order valence-corrected chi connectivity index (χ3v) is 13.7. The lowest BCUT2D eigenvalue weighted by atomic mass is 9.99. The highest BCUT2D eigenvalue weighted by Gasteiger charge is 2.50. The van der Waals surface area contributed by atoms with Crippen LogP contribution in [-0.4, -0.2) is 58.0 Å². The smallest absolute Gasteiger partial charge is 0.261 e. The first-order valence-corrected chi connectivity index (χ1v) is 17.0. The lowest BCUT2D eigenvalue weighted by Crippen LogP contribution is -2.66. The Morgan fingerprint density at radius 3 is 2.05 bits per heavy atom. The molecule has 2 N–H and O–H groups in total. The zero-order valence-electron chi connectivity index (χ0n) is 24.9. The van der Waals surface area contributed by atoms with E-state index in [4.69, 9.17) is 14.9 Å². The van der Waals surface area contributed by atoms with Crippen LogP contribution in [0.2, 0.25) is 5.04 Å². The van der Waals surface area contributed by atoms with Crippen molar-refractivity contribution in [2.45, 2.75) is 64.0 Å². The first-order valence-electron chi connectivity index (χ1n) is 15.1.